The number of guanidine groups is 1. The highest BCUT2D eigenvalue weighted by molar-refractivity contribution is 14.0. The molecule has 3 rings (SSSR count). The monoisotopic (exact) mass is 504 g/mol. The van der Waals surface area contributed by atoms with Gasteiger partial charge in [-0.05, 0) is 23.8 Å². The van der Waals surface area contributed by atoms with Gasteiger partial charge in [-0.3, -0.25) is 4.99 Å². The predicted molar refractivity (Wildman–Crippen MR) is 115 cm³/mol. The second-order valence-corrected chi connectivity index (χ2v) is 5.95. The van der Waals surface area contributed by atoms with Crippen molar-refractivity contribution in [2.45, 2.75) is 13.2 Å². The third-order valence-electron chi connectivity index (χ3n) is 4.20. The molecule has 28 heavy (non-hydrogen) atoms. The first-order valence-corrected chi connectivity index (χ1v) is 8.67. The van der Waals surface area contributed by atoms with Crippen LogP contribution in [-0.4, -0.2) is 60.7 Å². The third-order valence-corrected chi connectivity index (χ3v) is 4.20. The lowest BCUT2D eigenvalue weighted by atomic mass is 10.2. The van der Waals surface area contributed by atoms with Gasteiger partial charge in [-0.2, -0.15) is 8.78 Å². The summed E-state index contributed by atoms with van der Waals surface area (Å²) in [5, 5.41) is 3.27. The molecule has 0 spiro atoms. The molecule has 10 heteroatoms. The lowest BCUT2D eigenvalue weighted by Crippen LogP contribution is -2.52. The normalized spacial score (nSPS) is 14.6. The first-order chi connectivity index (χ1) is 13.2. The summed E-state index contributed by atoms with van der Waals surface area (Å²) < 4.78 is 29.1. The van der Waals surface area contributed by atoms with Crippen LogP contribution in [0.3, 0.4) is 0 Å². The van der Waals surface area contributed by atoms with Crippen molar-refractivity contribution in [3.63, 3.8) is 0 Å². The Bertz CT molecular complexity index is 757. The highest BCUT2D eigenvalue weighted by atomic mass is 127. The topological polar surface area (TPSA) is 65.9 Å². The van der Waals surface area contributed by atoms with E-state index < -0.39 is 6.61 Å². The Labute approximate surface area is 179 Å². The first-order valence-electron chi connectivity index (χ1n) is 8.67. The van der Waals surface area contributed by atoms with Crippen LogP contribution in [0.2, 0.25) is 0 Å². The summed E-state index contributed by atoms with van der Waals surface area (Å²) in [6.45, 7) is 0.796. The van der Waals surface area contributed by atoms with E-state index >= 15 is 0 Å². The maximum absolute atomic E-state index is 12.3. The van der Waals surface area contributed by atoms with Gasteiger partial charge in [-0.25, -0.2) is 9.97 Å². The molecule has 1 N–H and O–H groups in total. The lowest BCUT2D eigenvalue weighted by molar-refractivity contribution is -0.0498. The number of halogens is 3. The molecule has 0 unspecified atom stereocenters. The number of piperazine rings is 1. The van der Waals surface area contributed by atoms with Crippen molar-refractivity contribution < 1.29 is 13.5 Å². The van der Waals surface area contributed by atoms with Gasteiger partial charge in [0.15, 0.2) is 5.96 Å². The Morgan fingerprint density at radius 3 is 2.54 bits per heavy atom. The van der Waals surface area contributed by atoms with E-state index in [1.165, 1.54) is 6.07 Å². The number of nitrogens with zero attached hydrogens (tertiary/aromatic N) is 5. The number of nitrogens with one attached hydrogen (secondary N) is 1. The van der Waals surface area contributed by atoms with Gasteiger partial charge in [0.05, 0.1) is 0 Å². The zero-order chi connectivity index (χ0) is 19.1. The molecule has 2 aromatic rings. The van der Waals surface area contributed by atoms with Crippen LogP contribution in [0.5, 0.6) is 5.75 Å². The number of aliphatic imine (C=N–C) groups is 1. The van der Waals surface area contributed by atoms with Crippen molar-refractivity contribution in [1.82, 2.24) is 20.2 Å². The number of benzene rings is 1. The average Bonchev–Trinajstić information content (AvgIpc) is 2.69. The van der Waals surface area contributed by atoms with Crippen LogP contribution < -0.4 is 15.0 Å². The van der Waals surface area contributed by atoms with Crippen LogP contribution in [0.1, 0.15) is 5.56 Å². The van der Waals surface area contributed by atoms with Crippen molar-refractivity contribution >= 4 is 35.9 Å². The predicted octanol–water partition coefficient (Wildman–Crippen LogP) is 2.59. The van der Waals surface area contributed by atoms with Gasteiger partial charge >= 0.3 is 6.61 Å². The molecule has 1 aliphatic heterocycles. The molecule has 0 aliphatic carbocycles. The van der Waals surface area contributed by atoms with Crippen molar-refractivity contribution in [3.8, 4) is 5.75 Å². The van der Waals surface area contributed by atoms with Crippen molar-refractivity contribution in [2.24, 2.45) is 4.99 Å². The van der Waals surface area contributed by atoms with E-state index in [1.54, 1.807) is 37.6 Å². The van der Waals surface area contributed by atoms with Gasteiger partial charge in [-0.1, -0.05) is 12.1 Å². The smallest absolute Gasteiger partial charge is 0.387 e. The van der Waals surface area contributed by atoms with E-state index in [4.69, 9.17) is 0 Å². The van der Waals surface area contributed by atoms with Gasteiger partial charge in [-0.15, -0.1) is 24.0 Å². The summed E-state index contributed by atoms with van der Waals surface area (Å²) in [5.74, 6) is 1.65. The summed E-state index contributed by atoms with van der Waals surface area (Å²) in [5.41, 5.74) is 0.839. The Kier molecular flexibility index (Phi) is 8.61. The second-order valence-electron chi connectivity index (χ2n) is 5.95. The molecular weight excluding hydrogens is 481 g/mol. The van der Waals surface area contributed by atoms with Crippen molar-refractivity contribution in [3.05, 3.63) is 48.3 Å². The summed E-state index contributed by atoms with van der Waals surface area (Å²) in [6.07, 6.45) is 3.47. The van der Waals surface area contributed by atoms with E-state index in [9.17, 15) is 8.78 Å². The number of alkyl halides is 2. The molecule has 152 valence electrons. The van der Waals surface area contributed by atoms with Crippen LogP contribution in [0.15, 0.2) is 47.7 Å². The number of hydrogen-bond acceptors (Lipinski definition) is 5. The summed E-state index contributed by atoms with van der Waals surface area (Å²) in [7, 11) is 1.73. The summed E-state index contributed by atoms with van der Waals surface area (Å²) >= 11 is 0. The molecule has 0 saturated carbocycles. The first kappa shape index (κ1) is 22.1. The molecule has 1 aromatic heterocycles. The minimum atomic E-state index is -2.83. The maximum Gasteiger partial charge on any atom is 0.387 e. The molecule has 0 atom stereocenters. The number of ether oxygens (including phenoxy) is 1. The summed E-state index contributed by atoms with van der Waals surface area (Å²) in [6, 6.07) is 8.44. The number of hydrogen-bond donors (Lipinski definition) is 1. The second kappa shape index (κ2) is 10.9. The van der Waals surface area contributed by atoms with Crippen LogP contribution in [-0.2, 0) is 6.54 Å². The minimum absolute atomic E-state index is 0. The highest BCUT2D eigenvalue weighted by Gasteiger charge is 2.21. The SMILES string of the molecule is CN=C(NCc1cccc(OC(F)F)c1)N1CCN(c2ncccn2)CC1.I. The lowest BCUT2D eigenvalue weighted by Gasteiger charge is -2.36. The Morgan fingerprint density at radius 2 is 1.89 bits per heavy atom. The molecule has 0 radical (unpaired) electrons. The fourth-order valence-electron chi connectivity index (χ4n) is 2.92. The van der Waals surface area contributed by atoms with E-state index in [-0.39, 0.29) is 29.7 Å². The van der Waals surface area contributed by atoms with Crippen molar-refractivity contribution in [2.75, 3.05) is 38.1 Å². The van der Waals surface area contributed by atoms with Gasteiger partial charge in [0.1, 0.15) is 5.75 Å². The molecule has 0 amide bonds. The van der Waals surface area contributed by atoms with E-state index in [0.29, 0.717) is 6.54 Å². The standard InChI is InChI=1S/C18H22F2N6O.HI/c1-21-17(24-13-14-4-2-5-15(12-14)27-16(19)20)25-8-10-26(11-9-25)18-22-6-3-7-23-18;/h2-7,12,16H,8-11,13H2,1H3,(H,21,24);1H. The molecule has 2 heterocycles. The van der Waals surface area contributed by atoms with E-state index in [2.05, 4.69) is 34.8 Å². The van der Waals surface area contributed by atoms with E-state index in [0.717, 1.165) is 43.7 Å². The quantitative estimate of drug-likeness (QED) is 0.384. The summed E-state index contributed by atoms with van der Waals surface area (Å²) in [4.78, 5) is 17.2. The van der Waals surface area contributed by atoms with Crippen LogP contribution in [0.25, 0.3) is 0 Å². The van der Waals surface area contributed by atoms with Crippen LogP contribution in [0, 0.1) is 0 Å². The zero-order valence-electron chi connectivity index (χ0n) is 15.5. The zero-order valence-corrected chi connectivity index (χ0v) is 17.8. The average molecular weight is 504 g/mol. The number of rotatable bonds is 5. The molecule has 1 aliphatic rings. The fraction of sp³-hybridized carbons (Fsp3) is 0.389. The molecule has 1 saturated heterocycles. The van der Waals surface area contributed by atoms with Gasteiger partial charge in [0.25, 0.3) is 0 Å². The van der Waals surface area contributed by atoms with Crippen LogP contribution >= 0.6 is 24.0 Å². The largest absolute Gasteiger partial charge is 0.435 e. The Balaban J connectivity index is 0.00000280. The fourth-order valence-corrected chi connectivity index (χ4v) is 2.92. The minimum Gasteiger partial charge on any atom is -0.435 e. The highest BCUT2D eigenvalue weighted by Crippen LogP contribution is 2.16. The molecular formula is C18H23F2IN6O. The Hall–Kier alpha value is -2.24. The number of anilines is 1. The molecule has 7 nitrogen and oxygen atoms in total. The van der Waals surface area contributed by atoms with Crippen LogP contribution in [0.4, 0.5) is 14.7 Å². The third kappa shape index (κ3) is 6.14. The molecule has 0 bridgehead atoms. The van der Waals surface area contributed by atoms with Gasteiger partial charge in [0, 0.05) is 52.2 Å². The molecule has 1 aromatic carbocycles. The maximum atomic E-state index is 12.3. The number of aromatic nitrogens is 2. The molecule has 1 fully saturated rings. The van der Waals surface area contributed by atoms with Gasteiger partial charge < -0.3 is 19.9 Å². The Morgan fingerprint density at radius 1 is 1.18 bits per heavy atom. The van der Waals surface area contributed by atoms with E-state index in [1.807, 2.05) is 6.07 Å². The van der Waals surface area contributed by atoms with Gasteiger partial charge in [0.2, 0.25) is 5.95 Å². The van der Waals surface area contributed by atoms with Crippen molar-refractivity contribution in [1.29, 1.82) is 0 Å².